The smallest absolute Gasteiger partial charge is 0.407 e. The van der Waals surface area contributed by atoms with E-state index in [0.717, 1.165) is 0 Å². The Labute approximate surface area is 157 Å². The highest BCUT2D eigenvalue weighted by molar-refractivity contribution is 6.32. The van der Waals surface area contributed by atoms with E-state index in [0.29, 0.717) is 0 Å². The Morgan fingerprint density at radius 2 is 1.92 bits per heavy atom. The Morgan fingerprint density at radius 1 is 1.31 bits per heavy atom. The predicted octanol–water partition coefficient (Wildman–Crippen LogP) is 2.02. The number of aliphatic hydroxyl groups excluding tert-OH is 2. The van der Waals surface area contributed by atoms with Crippen LogP contribution in [0.15, 0.2) is 12.1 Å². The van der Waals surface area contributed by atoms with Gasteiger partial charge in [0, 0.05) is 22.8 Å². The van der Waals surface area contributed by atoms with Gasteiger partial charge in [-0.05, 0) is 39.3 Å². The van der Waals surface area contributed by atoms with Crippen LogP contribution in [-0.2, 0) is 9.47 Å². The van der Waals surface area contributed by atoms with Crippen molar-refractivity contribution in [1.82, 2.24) is 5.32 Å². The fourth-order valence-electron chi connectivity index (χ4n) is 2.12. The summed E-state index contributed by atoms with van der Waals surface area (Å²) in [5.74, 6) is -0.686. The van der Waals surface area contributed by atoms with Crippen molar-refractivity contribution in [3.8, 4) is 0 Å². The van der Waals surface area contributed by atoms with Crippen LogP contribution >= 0.6 is 11.6 Å². The molecule has 146 valence electrons. The number of nitrogens with two attached hydrogens (primary N) is 1. The second-order valence-corrected chi connectivity index (χ2v) is 7.09. The molecule has 0 spiro atoms. The molecule has 2 unspecified atom stereocenters. The van der Waals surface area contributed by atoms with Crippen LogP contribution in [0.4, 0.5) is 10.5 Å². The first kappa shape index (κ1) is 22.0. The van der Waals surface area contributed by atoms with Gasteiger partial charge in [-0.2, -0.15) is 0 Å². The van der Waals surface area contributed by atoms with Crippen LogP contribution in [0.3, 0.4) is 0 Å². The molecule has 0 aliphatic heterocycles. The van der Waals surface area contributed by atoms with Crippen molar-refractivity contribution in [2.75, 3.05) is 19.4 Å². The number of methoxy groups -OCH3 is 1. The van der Waals surface area contributed by atoms with Crippen LogP contribution in [0.2, 0.25) is 5.02 Å². The SMILES string of the molecule is COC(=O)c1cc(C(O)C(O)CCNC(=O)OC(C)(C)C)c(Cl)cc1N. The number of hydrogen-bond acceptors (Lipinski definition) is 7. The third kappa shape index (κ3) is 6.36. The van der Waals surface area contributed by atoms with E-state index >= 15 is 0 Å². The summed E-state index contributed by atoms with van der Waals surface area (Å²) in [6.45, 7) is 5.26. The first-order valence-corrected chi connectivity index (χ1v) is 8.34. The molecule has 26 heavy (non-hydrogen) atoms. The highest BCUT2D eigenvalue weighted by atomic mass is 35.5. The number of halogens is 1. The average Bonchev–Trinajstić information content (AvgIpc) is 2.51. The minimum atomic E-state index is -1.38. The highest BCUT2D eigenvalue weighted by Gasteiger charge is 2.24. The summed E-state index contributed by atoms with van der Waals surface area (Å²) in [7, 11) is 1.20. The zero-order valence-electron chi connectivity index (χ0n) is 15.2. The van der Waals surface area contributed by atoms with Crippen molar-refractivity contribution in [3.05, 3.63) is 28.3 Å². The molecule has 0 saturated carbocycles. The molecule has 0 aliphatic rings. The number of carbonyl (C=O) groups excluding carboxylic acids is 2. The number of rotatable bonds is 6. The van der Waals surface area contributed by atoms with Crippen molar-refractivity contribution < 1.29 is 29.3 Å². The number of alkyl carbamates (subject to hydrolysis) is 1. The van der Waals surface area contributed by atoms with Gasteiger partial charge in [-0.15, -0.1) is 0 Å². The van der Waals surface area contributed by atoms with Crippen LogP contribution in [0.1, 0.15) is 49.2 Å². The molecule has 9 heteroatoms. The molecule has 0 fully saturated rings. The minimum Gasteiger partial charge on any atom is -0.465 e. The second-order valence-electron chi connectivity index (χ2n) is 6.68. The standard InChI is InChI=1S/C17H25ClN2O6/c1-17(2,3)26-16(24)20-6-5-13(21)14(22)9-7-10(15(23)25-4)12(19)8-11(9)18/h7-8,13-14,21-22H,5-6,19H2,1-4H3,(H,20,24). The van der Waals surface area contributed by atoms with Crippen LogP contribution in [0, 0.1) is 0 Å². The van der Waals surface area contributed by atoms with Gasteiger partial charge in [-0.25, -0.2) is 9.59 Å². The van der Waals surface area contributed by atoms with E-state index in [4.69, 9.17) is 22.1 Å². The number of hydrogen-bond donors (Lipinski definition) is 4. The monoisotopic (exact) mass is 388 g/mol. The summed E-state index contributed by atoms with van der Waals surface area (Å²) in [4.78, 5) is 23.3. The molecule has 1 amide bonds. The van der Waals surface area contributed by atoms with E-state index < -0.39 is 29.9 Å². The summed E-state index contributed by atoms with van der Waals surface area (Å²) in [6.07, 6.45) is -3.21. The van der Waals surface area contributed by atoms with Crippen molar-refractivity contribution in [2.24, 2.45) is 0 Å². The maximum absolute atomic E-state index is 11.7. The Kier molecular flexibility index (Phi) is 7.68. The lowest BCUT2D eigenvalue weighted by Gasteiger charge is -2.22. The Morgan fingerprint density at radius 3 is 2.46 bits per heavy atom. The van der Waals surface area contributed by atoms with E-state index in [9.17, 15) is 19.8 Å². The molecule has 0 aromatic heterocycles. The normalized spacial score (nSPS) is 13.7. The molecular weight excluding hydrogens is 364 g/mol. The fourth-order valence-corrected chi connectivity index (χ4v) is 2.40. The molecule has 2 atom stereocenters. The quantitative estimate of drug-likeness (QED) is 0.433. The lowest BCUT2D eigenvalue weighted by atomic mass is 9.99. The molecule has 0 aliphatic carbocycles. The van der Waals surface area contributed by atoms with Crippen LogP contribution in [0.5, 0.6) is 0 Å². The van der Waals surface area contributed by atoms with Gasteiger partial charge in [0.25, 0.3) is 0 Å². The predicted molar refractivity (Wildman–Crippen MR) is 97.0 cm³/mol. The summed E-state index contributed by atoms with van der Waals surface area (Å²) in [5, 5.41) is 23.0. The largest absolute Gasteiger partial charge is 0.465 e. The molecule has 0 bridgehead atoms. The van der Waals surface area contributed by atoms with Gasteiger partial charge in [-0.3, -0.25) is 0 Å². The Hall–Kier alpha value is -2.03. The third-order valence-electron chi connectivity index (χ3n) is 3.37. The average molecular weight is 389 g/mol. The second kappa shape index (κ2) is 9.07. The van der Waals surface area contributed by atoms with Gasteiger partial charge >= 0.3 is 12.1 Å². The summed E-state index contributed by atoms with van der Waals surface area (Å²) in [6, 6.07) is 2.58. The number of carbonyl (C=O) groups is 2. The third-order valence-corrected chi connectivity index (χ3v) is 3.69. The van der Waals surface area contributed by atoms with Gasteiger partial charge in [0.05, 0.1) is 18.8 Å². The fraction of sp³-hybridized carbons (Fsp3) is 0.529. The minimum absolute atomic E-state index is 0.0324. The number of benzene rings is 1. The molecule has 0 saturated heterocycles. The lowest BCUT2D eigenvalue weighted by molar-refractivity contribution is 0.0122. The number of amides is 1. The molecule has 1 aromatic carbocycles. The zero-order chi connectivity index (χ0) is 20.1. The lowest BCUT2D eigenvalue weighted by Crippen LogP contribution is -2.34. The van der Waals surface area contributed by atoms with Gasteiger partial charge in [-0.1, -0.05) is 11.6 Å². The van der Waals surface area contributed by atoms with Gasteiger partial charge in [0.2, 0.25) is 0 Å². The van der Waals surface area contributed by atoms with Crippen molar-refractivity contribution in [2.45, 2.75) is 45.0 Å². The Bertz CT molecular complexity index is 659. The van der Waals surface area contributed by atoms with Crippen LogP contribution < -0.4 is 11.1 Å². The molecule has 0 radical (unpaired) electrons. The maximum Gasteiger partial charge on any atom is 0.407 e. The van der Waals surface area contributed by atoms with E-state index in [1.165, 1.54) is 19.2 Å². The van der Waals surface area contributed by atoms with Gasteiger partial charge < -0.3 is 30.7 Å². The van der Waals surface area contributed by atoms with Crippen molar-refractivity contribution in [1.29, 1.82) is 0 Å². The first-order chi connectivity index (χ1) is 12.0. The molecule has 5 N–H and O–H groups in total. The van der Waals surface area contributed by atoms with E-state index in [2.05, 4.69) is 10.1 Å². The van der Waals surface area contributed by atoms with Crippen LogP contribution in [0.25, 0.3) is 0 Å². The molecule has 8 nitrogen and oxygen atoms in total. The highest BCUT2D eigenvalue weighted by Crippen LogP contribution is 2.31. The molecule has 1 aromatic rings. The number of esters is 1. The molecule has 1 rings (SSSR count). The van der Waals surface area contributed by atoms with E-state index in [1.807, 2.05) is 0 Å². The van der Waals surface area contributed by atoms with Gasteiger partial charge in [0.15, 0.2) is 0 Å². The number of anilines is 1. The number of aliphatic hydroxyl groups is 2. The van der Waals surface area contributed by atoms with Crippen LogP contribution in [-0.4, -0.2) is 47.6 Å². The topological polar surface area (TPSA) is 131 Å². The summed E-state index contributed by atoms with van der Waals surface area (Å²) >= 11 is 6.05. The summed E-state index contributed by atoms with van der Waals surface area (Å²) in [5.41, 5.74) is 5.34. The number of nitrogens with one attached hydrogen (secondary N) is 1. The summed E-state index contributed by atoms with van der Waals surface area (Å²) < 4.78 is 9.69. The number of nitrogen functional groups attached to an aromatic ring is 1. The molecular formula is C17H25ClN2O6. The van der Waals surface area contributed by atoms with Crippen molar-refractivity contribution >= 4 is 29.4 Å². The van der Waals surface area contributed by atoms with Gasteiger partial charge in [0.1, 0.15) is 11.7 Å². The van der Waals surface area contributed by atoms with Crippen molar-refractivity contribution in [3.63, 3.8) is 0 Å². The maximum atomic E-state index is 11.7. The van der Waals surface area contributed by atoms with E-state index in [1.54, 1.807) is 20.8 Å². The number of ether oxygens (including phenoxy) is 2. The first-order valence-electron chi connectivity index (χ1n) is 7.96. The zero-order valence-corrected chi connectivity index (χ0v) is 16.0. The molecule has 0 heterocycles. The Balaban J connectivity index is 2.75. The van der Waals surface area contributed by atoms with E-state index in [-0.39, 0.29) is 34.8 Å².